The van der Waals surface area contributed by atoms with Crippen molar-refractivity contribution in [3.8, 4) is 0 Å². The number of amides is 1. The lowest BCUT2D eigenvalue weighted by atomic mass is 10.1. The van der Waals surface area contributed by atoms with Crippen LogP contribution in [0.3, 0.4) is 0 Å². The van der Waals surface area contributed by atoms with Gasteiger partial charge in [0.05, 0.1) is 6.54 Å². The fraction of sp³-hybridized carbons (Fsp3) is 0.263. The fourth-order valence-electron chi connectivity index (χ4n) is 2.64. The highest BCUT2D eigenvalue weighted by Crippen LogP contribution is 2.17. The first-order valence-electron chi connectivity index (χ1n) is 7.70. The van der Waals surface area contributed by atoms with Crippen LogP contribution in [0.2, 0.25) is 0 Å². The van der Waals surface area contributed by atoms with Gasteiger partial charge in [-0.25, -0.2) is 0 Å². The van der Waals surface area contributed by atoms with E-state index >= 15 is 0 Å². The van der Waals surface area contributed by atoms with Crippen LogP contribution in [0.25, 0.3) is 0 Å². The molecule has 3 rings (SSSR count). The van der Waals surface area contributed by atoms with E-state index in [1.54, 1.807) is 0 Å². The first kappa shape index (κ1) is 14.5. The minimum absolute atomic E-state index is 0.0319. The molecule has 1 aliphatic heterocycles. The number of benzene rings is 2. The summed E-state index contributed by atoms with van der Waals surface area (Å²) >= 11 is 0. The van der Waals surface area contributed by atoms with Crippen LogP contribution in [0, 0.1) is 6.92 Å². The molecule has 0 saturated carbocycles. The topological polar surface area (TPSA) is 32.7 Å². The van der Waals surface area contributed by atoms with Gasteiger partial charge in [0.2, 0.25) is 0 Å². The van der Waals surface area contributed by atoms with Gasteiger partial charge < -0.3 is 0 Å². The maximum absolute atomic E-state index is 12.9. The summed E-state index contributed by atoms with van der Waals surface area (Å²) < 4.78 is 0. The number of nitrogens with zero attached hydrogens (tertiary/aromatic N) is 2. The molecule has 22 heavy (non-hydrogen) atoms. The Labute approximate surface area is 131 Å². The zero-order chi connectivity index (χ0) is 15.4. The largest absolute Gasteiger partial charge is 0.292 e. The van der Waals surface area contributed by atoms with Crippen LogP contribution >= 0.6 is 0 Å². The molecule has 0 N–H and O–H groups in total. The van der Waals surface area contributed by atoms with Crippen molar-refractivity contribution in [2.75, 3.05) is 6.54 Å². The summed E-state index contributed by atoms with van der Waals surface area (Å²) in [6, 6.07) is 17.8. The van der Waals surface area contributed by atoms with E-state index in [-0.39, 0.29) is 5.91 Å². The quantitative estimate of drug-likeness (QED) is 0.846. The molecule has 1 heterocycles. The molecule has 0 saturated heterocycles. The molecule has 2 aromatic carbocycles. The monoisotopic (exact) mass is 292 g/mol. The molecule has 0 aromatic heterocycles. The minimum Gasteiger partial charge on any atom is -0.292 e. The lowest BCUT2D eigenvalue weighted by Crippen LogP contribution is -2.35. The Balaban J connectivity index is 1.87. The molecule has 0 aliphatic carbocycles. The van der Waals surface area contributed by atoms with E-state index in [9.17, 15) is 4.79 Å². The summed E-state index contributed by atoms with van der Waals surface area (Å²) in [5.41, 5.74) is 3.00. The summed E-state index contributed by atoms with van der Waals surface area (Å²) in [5.74, 6) is 0.943. The van der Waals surface area contributed by atoms with Gasteiger partial charge in [0.1, 0.15) is 5.84 Å². The summed E-state index contributed by atoms with van der Waals surface area (Å²) in [4.78, 5) is 19.2. The number of hydrogen-bond donors (Lipinski definition) is 0. The highest BCUT2D eigenvalue weighted by atomic mass is 16.2. The number of amidine groups is 1. The maximum atomic E-state index is 12.9. The third-order valence-electron chi connectivity index (χ3n) is 3.89. The molecule has 3 nitrogen and oxygen atoms in total. The predicted molar refractivity (Wildman–Crippen MR) is 89.0 cm³/mol. The van der Waals surface area contributed by atoms with Crippen molar-refractivity contribution in [2.24, 2.45) is 4.99 Å². The van der Waals surface area contributed by atoms with E-state index in [4.69, 9.17) is 0 Å². The van der Waals surface area contributed by atoms with Crippen molar-refractivity contribution in [3.63, 3.8) is 0 Å². The van der Waals surface area contributed by atoms with Gasteiger partial charge >= 0.3 is 0 Å². The van der Waals surface area contributed by atoms with E-state index < -0.39 is 0 Å². The molecular weight excluding hydrogens is 272 g/mol. The average molecular weight is 292 g/mol. The number of aliphatic imine (C=N–C) groups is 1. The van der Waals surface area contributed by atoms with Crippen molar-refractivity contribution in [1.29, 1.82) is 0 Å². The second kappa shape index (κ2) is 6.56. The second-order valence-corrected chi connectivity index (χ2v) is 5.64. The summed E-state index contributed by atoms with van der Waals surface area (Å²) in [6.45, 7) is 3.42. The standard InChI is InChI=1S/C19H20N2O/c1-15-9-11-17(12-10-15)19(22)21(18-8-5-13-20-18)14-16-6-3-2-4-7-16/h2-4,6-7,9-12H,5,8,13-14H2,1H3. The number of carbonyl (C=O) groups is 1. The second-order valence-electron chi connectivity index (χ2n) is 5.64. The highest BCUT2D eigenvalue weighted by molar-refractivity contribution is 6.06. The smallest absolute Gasteiger partial charge is 0.259 e. The number of rotatable bonds is 3. The minimum atomic E-state index is 0.0319. The Morgan fingerprint density at radius 1 is 1.09 bits per heavy atom. The van der Waals surface area contributed by atoms with Crippen LogP contribution in [-0.2, 0) is 6.54 Å². The first-order chi connectivity index (χ1) is 10.7. The van der Waals surface area contributed by atoms with Crippen molar-refractivity contribution in [2.45, 2.75) is 26.3 Å². The van der Waals surface area contributed by atoms with Crippen molar-refractivity contribution in [1.82, 2.24) is 4.90 Å². The van der Waals surface area contributed by atoms with Crippen LogP contribution in [0.5, 0.6) is 0 Å². The van der Waals surface area contributed by atoms with Gasteiger partial charge in [-0.05, 0) is 31.0 Å². The normalized spacial score (nSPS) is 13.8. The van der Waals surface area contributed by atoms with Gasteiger partial charge in [0.15, 0.2) is 0 Å². The molecule has 0 bridgehead atoms. The van der Waals surface area contributed by atoms with Crippen LogP contribution in [-0.4, -0.2) is 23.2 Å². The molecule has 0 unspecified atom stereocenters. The van der Waals surface area contributed by atoms with E-state index in [1.807, 2.05) is 66.4 Å². The molecule has 0 radical (unpaired) electrons. The lowest BCUT2D eigenvalue weighted by molar-refractivity contribution is 0.0838. The molecule has 0 spiro atoms. The zero-order valence-corrected chi connectivity index (χ0v) is 12.8. The molecule has 0 fully saturated rings. The highest BCUT2D eigenvalue weighted by Gasteiger charge is 2.23. The maximum Gasteiger partial charge on any atom is 0.259 e. The van der Waals surface area contributed by atoms with E-state index in [0.717, 1.165) is 41.9 Å². The van der Waals surface area contributed by atoms with Gasteiger partial charge in [-0.15, -0.1) is 0 Å². The Bertz CT molecular complexity index is 674. The zero-order valence-electron chi connectivity index (χ0n) is 12.8. The Kier molecular flexibility index (Phi) is 4.33. The Hall–Kier alpha value is -2.42. The Morgan fingerprint density at radius 3 is 2.45 bits per heavy atom. The first-order valence-corrected chi connectivity index (χ1v) is 7.70. The molecule has 0 atom stereocenters. The SMILES string of the molecule is Cc1ccc(C(=O)N(Cc2ccccc2)C2=NCCC2)cc1. The van der Waals surface area contributed by atoms with E-state index in [0.29, 0.717) is 6.54 Å². The van der Waals surface area contributed by atoms with Crippen LogP contribution in [0.1, 0.15) is 34.3 Å². The van der Waals surface area contributed by atoms with Crippen LogP contribution < -0.4 is 0 Å². The van der Waals surface area contributed by atoms with Gasteiger partial charge in [-0.1, -0.05) is 48.0 Å². The predicted octanol–water partition coefficient (Wildman–Crippen LogP) is 3.83. The van der Waals surface area contributed by atoms with Crippen molar-refractivity contribution in [3.05, 3.63) is 71.3 Å². The summed E-state index contributed by atoms with van der Waals surface area (Å²) in [5, 5.41) is 0. The molecule has 2 aromatic rings. The third-order valence-corrected chi connectivity index (χ3v) is 3.89. The van der Waals surface area contributed by atoms with Gasteiger partial charge in [0, 0.05) is 18.5 Å². The molecule has 1 amide bonds. The van der Waals surface area contributed by atoms with Gasteiger partial charge in [-0.2, -0.15) is 0 Å². The van der Waals surface area contributed by atoms with Gasteiger partial charge in [-0.3, -0.25) is 14.7 Å². The Morgan fingerprint density at radius 2 is 1.82 bits per heavy atom. The van der Waals surface area contributed by atoms with Crippen molar-refractivity contribution < 1.29 is 4.79 Å². The summed E-state index contributed by atoms with van der Waals surface area (Å²) in [6.07, 6.45) is 1.91. The van der Waals surface area contributed by atoms with Gasteiger partial charge in [0.25, 0.3) is 5.91 Å². The average Bonchev–Trinajstić information content (AvgIpc) is 3.08. The molecule has 3 heteroatoms. The van der Waals surface area contributed by atoms with Crippen LogP contribution in [0.4, 0.5) is 0 Å². The number of aryl methyl sites for hydroxylation is 1. The van der Waals surface area contributed by atoms with E-state index in [2.05, 4.69) is 4.99 Å². The van der Waals surface area contributed by atoms with E-state index in [1.165, 1.54) is 0 Å². The fourth-order valence-corrected chi connectivity index (χ4v) is 2.64. The number of carbonyl (C=O) groups excluding carboxylic acids is 1. The lowest BCUT2D eigenvalue weighted by Gasteiger charge is -2.23. The summed E-state index contributed by atoms with van der Waals surface area (Å²) in [7, 11) is 0. The molecule has 1 aliphatic rings. The van der Waals surface area contributed by atoms with Crippen molar-refractivity contribution >= 4 is 11.7 Å². The van der Waals surface area contributed by atoms with Crippen LogP contribution in [0.15, 0.2) is 59.6 Å². The molecular formula is C19H20N2O. The number of hydrogen-bond acceptors (Lipinski definition) is 2. The third kappa shape index (κ3) is 3.25. The molecule has 112 valence electrons.